The highest BCUT2D eigenvalue weighted by atomic mass is 28.4. The lowest BCUT2D eigenvalue weighted by atomic mass is 10.0. The second-order valence-electron chi connectivity index (χ2n) is 15.1. The molecule has 0 spiro atoms. The molecule has 330 valence electrons. The van der Waals surface area contributed by atoms with E-state index in [1.165, 1.54) is 50.5 Å². The first-order valence-corrected chi connectivity index (χ1v) is 24.3. The van der Waals surface area contributed by atoms with Gasteiger partial charge in [-0.1, -0.05) is 78.4 Å². The first-order chi connectivity index (χ1) is 27.3. The maximum atomic E-state index is 6.09. The summed E-state index contributed by atoms with van der Waals surface area (Å²) in [7, 11) is -1.70. The van der Waals surface area contributed by atoms with Gasteiger partial charge in [-0.15, -0.1) is 0 Å². The van der Waals surface area contributed by atoms with Crippen LogP contribution in [0.2, 0.25) is 18.1 Å². The zero-order chi connectivity index (χ0) is 40.7. The van der Waals surface area contributed by atoms with Crippen LogP contribution >= 0.6 is 0 Å². The highest BCUT2D eigenvalue weighted by Crippen LogP contribution is 2.36. The molecule has 56 heavy (non-hydrogen) atoms. The summed E-state index contributed by atoms with van der Waals surface area (Å²) in [5.41, 5.74) is 1.38. The Balaban J connectivity index is 1.70. The predicted molar refractivity (Wildman–Crippen MR) is 225 cm³/mol. The first-order valence-electron chi connectivity index (χ1n) is 21.4. The molecule has 0 aliphatic rings. The molecule has 0 unspecified atom stereocenters. The highest BCUT2D eigenvalue weighted by molar-refractivity contribution is 6.74. The van der Waals surface area contributed by atoms with E-state index in [1.807, 2.05) is 0 Å². The normalized spacial score (nSPS) is 12.2. The largest absolute Gasteiger partial charge is 0.491 e. The molecule has 0 bridgehead atoms. The van der Waals surface area contributed by atoms with Gasteiger partial charge in [-0.25, -0.2) is 0 Å². The number of ether oxygens (including phenoxy) is 11. The van der Waals surface area contributed by atoms with E-state index in [2.05, 4.69) is 65.1 Å². The maximum absolute atomic E-state index is 6.09. The standard InChI is InChI=1S/C43H82O12Si/c1-7-8-9-10-11-12-13-14-41-15-17-42(18-16-41)54-39-37-52-35-33-50-31-29-48-27-25-46-23-21-44-19-20-45-22-24-47-26-28-49-30-32-51-34-36-53-38-40-55-56(5,6)43(2,3)4/h15-18H,7-14,19-40H2,1-6H3. The predicted octanol–water partition coefficient (Wildman–Crippen LogP) is 7.55. The molecule has 1 aromatic rings. The molecule has 1 aromatic carbocycles. The van der Waals surface area contributed by atoms with Gasteiger partial charge in [0.1, 0.15) is 12.4 Å². The van der Waals surface area contributed by atoms with Gasteiger partial charge in [-0.3, -0.25) is 0 Å². The third kappa shape index (κ3) is 33.7. The number of hydrogen-bond acceptors (Lipinski definition) is 12. The van der Waals surface area contributed by atoms with E-state index in [9.17, 15) is 0 Å². The molecular weight excluding hydrogens is 737 g/mol. The minimum Gasteiger partial charge on any atom is -0.491 e. The van der Waals surface area contributed by atoms with Crippen LogP contribution in [0.5, 0.6) is 5.75 Å². The molecular formula is C43H82O12Si. The molecule has 0 N–H and O–H groups in total. The Bertz CT molecular complexity index is 948. The van der Waals surface area contributed by atoms with Gasteiger partial charge >= 0.3 is 0 Å². The monoisotopic (exact) mass is 819 g/mol. The van der Waals surface area contributed by atoms with Crippen LogP contribution in [0.25, 0.3) is 0 Å². The van der Waals surface area contributed by atoms with Gasteiger partial charge < -0.3 is 56.5 Å². The van der Waals surface area contributed by atoms with Crippen molar-refractivity contribution in [2.24, 2.45) is 0 Å². The van der Waals surface area contributed by atoms with Crippen molar-refractivity contribution in [3.8, 4) is 5.75 Å². The Labute approximate surface area is 342 Å². The molecule has 1 rings (SSSR count). The number of aryl methyl sites for hydroxylation is 1. The van der Waals surface area contributed by atoms with Crippen LogP contribution in [0.3, 0.4) is 0 Å². The van der Waals surface area contributed by atoms with Gasteiger partial charge in [0.25, 0.3) is 0 Å². The molecule has 0 aliphatic carbocycles. The minimum atomic E-state index is -1.70. The van der Waals surface area contributed by atoms with Crippen LogP contribution in [-0.4, -0.2) is 154 Å². The smallest absolute Gasteiger partial charge is 0.192 e. The fourth-order valence-corrected chi connectivity index (χ4v) is 5.94. The minimum absolute atomic E-state index is 0.216. The van der Waals surface area contributed by atoms with E-state index in [0.29, 0.717) is 145 Å². The van der Waals surface area contributed by atoms with Gasteiger partial charge in [-0.05, 0) is 48.7 Å². The zero-order valence-corrected chi connectivity index (χ0v) is 37.4. The lowest BCUT2D eigenvalue weighted by Crippen LogP contribution is -2.41. The average molecular weight is 819 g/mol. The topological polar surface area (TPSA) is 111 Å². The van der Waals surface area contributed by atoms with Gasteiger partial charge in [0.05, 0.1) is 139 Å². The summed E-state index contributed by atoms with van der Waals surface area (Å²) in [4.78, 5) is 0. The lowest BCUT2D eigenvalue weighted by Gasteiger charge is -2.36. The number of hydrogen-bond donors (Lipinski definition) is 0. The van der Waals surface area contributed by atoms with E-state index in [-0.39, 0.29) is 5.04 Å². The molecule has 0 saturated carbocycles. The molecule has 0 radical (unpaired) electrons. The Morgan fingerprint density at radius 2 is 0.696 bits per heavy atom. The van der Waals surface area contributed by atoms with E-state index in [0.717, 1.165) is 12.2 Å². The summed E-state index contributed by atoms with van der Waals surface area (Å²) in [6, 6.07) is 8.46. The summed E-state index contributed by atoms with van der Waals surface area (Å²) < 4.78 is 67.3. The van der Waals surface area contributed by atoms with Gasteiger partial charge in [0.15, 0.2) is 8.32 Å². The van der Waals surface area contributed by atoms with Crippen LogP contribution in [0, 0.1) is 0 Å². The molecule has 13 heteroatoms. The van der Waals surface area contributed by atoms with Crippen molar-refractivity contribution < 1.29 is 56.5 Å². The van der Waals surface area contributed by atoms with Crippen molar-refractivity contribution in [2.45, 2.75) is 97.2 Å². The van der Waals surface area contributed by atoms with Crippen molar-refractivity contribution in [1.29, 1.82) is 0 Å². The van der Waals surface area contributed by atoms with Crippen molar-refractivity contribution in [3.05, 3.63) is 29.8 Å². The molecule has 0 fully saturated rings. The molecule has 0 aliphatic heterocycles. The maximum Gasteiger partial charge on any atom is 0.192 e. The van der Waals surface area contributed by atoms with Gasteiger partial charge in [-0.2, -0.15) is 0 Å². The molecule has 0 saturated heterocycles. The van der Waals surface area contributed by atoms with E-state index in [1.54, 1.807) is 0 Å². The van der Waals surface area contributed by atoms with Crippen molar-refractivity contribution in [1.82, 2.24) is 0 Å². The number of rotatable bonds is 43. The number of unbranched alkanes of at least 4 members (excludes halogenated alkanes) is 6. The quantitative estimate of drug-likeness (QED) is 0.0480. The van der Waals surface area contributed by atoms with Crippen molar-refractivity contribution >= 4 is 8.32 Å². The second-order valence-corrected chi connectivity index (χ2v) is 19.9. The molecule has 0 atom stereocenters. The average Bonchev–Trinajstić information content (AvgIpc) is 3.17. The summed E-state index contributed by atoms with van der Waals surface area (Å²) in [5, 5.41) is 0.216. The van der Waals surface area contributed by atoms with E-state index >= 15 is 0 Å². The first kappa shape index (κ1) is 52.8. The zero-order valence-electron chi connectivity index (χ0n) is 36.4. The van der Waals surface area contributed by atoms with Crippen molar-refractivity contribution in [2.75, 3.05) is 145 Å². The SMILES string of the molecule is CCCCCCCCCc1ccc(OCCOCCOCCOCCOCCOCCOCCOCCOCCOCCOCCO[Si](C)(C)C(C)(C)C)cc1. The summed E-state index contributed by atoms with van der Waals surface area (Å²) in [6.07, 6.45) is 10.5. The third-order valence-corrected chi connectivity index (χ3v) is 13.9. The summed E-state index contributed by atoms with van der Waals surface area (Å²) >= 11 is 0. The molecule has 0 aromatic heterocycles. The second kappa shape index (κ2) is 38.0. The van der Waals surface area contributed by atoms with Crippen molar-refractivity contribution in [3.63, 3.8) is 0 Å². The van der Waals surface area contributed by atoms with Crippen LogP contribution in [-0.2, 0) is 58.2 Å². The highest BCUT2D eigenvalue weighted by Gasteiger charge is 2.36. The van der Waals surface area contributed by atoms with Crippen LogP contribution < -0.4 is 4.74 Å². The summed E-state index contributed by atoms with van der Waals surface area (Å²) in [5.74, 6) is 0.888. The molecule has 0 heterocycles. The fourth-order valence-electron chi connectivity index (χ4n) is 4.91. The Morgan fingerprint density at radius 1 is 0.393 bits per heavy atom. The van der Waals surface area contributed by atoms with Crippen LogP contribution in [0.15, 0.2) is 24.3 Å². The van der Waals surface area contributed by atoms with Crippen LogP contribution in [0.4, 0.5) is 0 Å². The summed E-state index contributed by atoms with van der Waals surface area (Å²) in [6.45, 7) is 25.2. The fraction of sp³-hybridized carbons (Fsp3) is 0.860. The van der Waals surface area contributed by atoms with Gasteiger partial charge in [0.2, 0.25) is 0 Å². The Hall–Kier alpha value is -1.20. The van der Waals surface area contributed by atoms with Crippen LogP contribution in [0.1, 0.15) is 78.2 Å². The Morgan fingerprint density at radius 3 is 1.04 bits per heavy atom. The Kier molecular flexibility index (Phi) is 35.9. The molecule has 12 nitrogen and oxygen atoms in total. The third-order valence-electron chi connectivity index (χ3n) is 9.33. The van der Waals surface area contributed by atoms with E-state index < -0.39 is 8.32 Å². The lowest BCUT2D eigenvalue weighted by molar-refractivity contribution is -0.0270. The van der Waals surface area contributed by atoms with Gasteiger partial charge in [0, 0.05) is 0 Å². The van der Waals surface area contributed by atoms with E-state index in [4.69, 9.17) is 56.5 Å². The molecule has 0 amide bonds. The number of benzene rings is 1.